The molecule has 0 saturated heterocycles. The van der Waals surface area contributed by atoms with Crippen LogP contribution in [-0.4, -0.2) is 44.7 Å². The van der Waals surface area contributed by atoms with Gasteiger partial charge in [-0.15, -0.1) is 0 Å². The van der Waals surface area contributed by atoms with Crippen LogP contribution in [0.2, 0.25) is 0 Å². The normalized spacial score (nSPS) is 12.9. The molecular weight excluding hydrogens is 602 g/mol. The molecule has 0 radical (unpaired) electrons. The summed E-state index contributed by atoms with van der Waals surface area (Å²) >= 11 is 6.74. The molecule has 0 atom stereocenters. The number of fused-ring (bicyclic) bond motifs is 1. The molecular formula is C24H21Br2N3O5S. The molecule has 35 heavy (non-hydrogen) atoms. The highest BCUT2D eigenvalue weighted by Crippen LogP contribution is 2.36. The molecule has 3 aromatic rings. The molecule has 8 nitrogen and oxygen atoms in total. The molecule has 4 rings (SSSR count). The number of nitrogens with zero attached hydrogens (tertiary/aromatic N) is 2. The molecule has 0 unspecified atom stereocenters. The van der Waals surface area contributed by atoms with Gasteiger partial charge in [-0.2, -0.15) is 9.41 Å². The van der Waals surface area contributed by atoms with Crippen molar-refractivity contribution in [1.82, 2.24) is 9.73 Å². The molecule has 0 aromatic heterocycles. The number of hydrazone groups is 1. The number of nitrogens with one attached hydrogen (secondary N) is 1. The standard InChI is InChI=1S/C24H21Br2N3O5S/c25-19-6-8-20(9-7-19)35(31,32)29(11-10-17-4-2-1-3-5-17)15-24(30)28-27-14-18-12-22-23(13-21(18)26)34-16-33-22/h1-9,12-14H,10-11,15-16H2,(H,28,30)/b27-14+. The van der Waals surface area contributed by atoms with Gasteiger partial charge in [-0.05, 0) is 64.3 Å². The Labute approximate surface area is 220 Å². The third kappa shape index (κ3) is 6.49. The summed E-state index contributed by atoms with van der Waals surface area (Å²) in [6.45, 7) is -0.108. The van der Waals surface area contributed by atoms with Gasteiger partial charge in [0, 0.05) is 21.1 Å². The van der Waals surface area contributed by atoms with E-state index in [-0.39, 0.29) is 24.8 Å². The second kappa shape index (κ2) is 11.3. The van der Waals surface area contributed by atoms with E-state index < -0.39 is 15.9 Å². The van der Waals surface area contributed by atoms with Gasteiger partial charge >= 0.3 is 0 Å². The van der Waals surface area contributed by atoms with Gasteiger partial charge in [0.1, 0.15) is 0 Å². The first-order chi connectivity index (χ1) is 16.8. The van der Waals surface area contributed by atoms with E-state index in [1.165, 1.54) is 18.3 Å². The minimum Gasteiger partial charge on any atom is -0.454 e. The molecule has 1 N–H and O–H groups in total. The number of rotatable bonds is 9. The third-order valence-electron chi connectivity index (χ3n) is 5.15. The molecule has 0 aliphatic carbocycles. The van der Waals surface area contributed by atoms with Crippen molar-refractivity contribution in [2.75, 3.05) is 19.9 Å². The van der Waals surface area contributed by atoms with Crippen molar-refractivity contribution < 1.29 is 22.7 Å². The Bertz CT molecular complexity index is 1330. The van der Waals surface area contributed by atoms with Crippen LogP contribution in [0.4, 0.5) is 0 Å². The lowest BCUT2D eigenvalue weighted by atomic mass is 10.1. The van der Waals surface area contributed by atoms with Crippen molar-refractivity contribution in [2.24, 2.45) is 5.10 Å². The van der Waals surface area contributed by atoms with Crippen LogP contribution >= 0.6 is 31.9 Å². The fourth-order valence-electron chi connectivity index (χ4n) is 3.34. The van der Waals surface area contributed by atoms with Gasteiger partial charge in [0.2, 0.25) is 16.8 Å². The van der Waals surface area contributed by atoms with Crippen molar-refractivity contribution in [3.63, 3.8) is 0 Å². The van der Waals surface area contributed by atoms with Crippen molar-refractivity contribution in [3.8, 4) is 11.5 Å². The lowest BCUT2D eigenvalue weighted by Gasteiger charge is -2.21. The smallest absolute Gasteiger partial charge is 0.255 e. The van der Waals surface area contributed by atoms with Crippen LogP contribution in [0.5, 0.6) is 11.5 Å². The summed E-state index contributed by atoms with van der Waals surface area (Å²) in [6.07, 6.45) is 1.90. The highest BCUT2D eigenvalue weighted by molar-refractivity contribution is 9.10. The van der Waals surface area contributed by atoms with E-state index in [9.17, 15) is 13.2 Å². The highest BCUT2D eigenvalue weighted by atomic mass is 79.9. The molecule has 1 aliphatic heterocycles. The number of amides is 1. The van der Waals surface area contributed by atoms with E-state index >= 15 is 0 Å². The van der Waals surface area contributed by atoms with Gasteiger partial charge in [-0.3, -0.25) is 4.79 Å². The van der Waals surface area contributed by atoms with Crippen LogP contribution < -0.4 is 14.9 Å². The van der Waals surface area contributed by atoms with Crippen LogP contribution in [0.1, 0.15) is 11.1 Å². The van der Waals surface area contributed by atoms with Crippen LogP contribution in [-0.2, 0) is 21.2 Å². The van der Waals surface area contributed by atoms with Crippen LogP contribution in [0.3, 0.4) is 0 Å². The average molecular weight is 623 g/mol. The molecule has 1 aliphatic rings. The first kappa shape index (κ1) is 25.4. The quantitative estimate of drug-likeness (QED) is 0.283. The van der Waals surface area contributed by atoms with Gasteiger partial charge in [-0.1, -0.05) is 46.3 Å². The largest absolute Gasteiger partial charge is 0.454 e. The van der Waals surface area contributed by atoms with Gasteiger partial charge in [0.15, 0.2) is 11.5 Å². The molecule has 1 heterocycles. The molecule has 3 aromatic carbocycles. The number of benzene rings is 3. The number of sulfonamides is 1. The number of hydrogen-bond donors (Lipinski definition) is 1. The first-order valence-corrected chi connectivity index (χ1v) is 13.6. The van der Waals surface area contributed by atoms with Crippen molar-refractivity contribution in [2.45, 2.75) is 11.3 Å². The summed E-state index contributed by atoms with van der Waals surface area (Å²) in [5.41, 5.74) is 4.04. The summed E-state index contributed by atoms with van der Waals surface area (Å²) in [6, 6.07) is 19.3. The Kier molecular flexibility index (Phi) is 8.22. The third-order valence-corrected chi connectivity index (χ3v) is 8.22. The topological polar surface area (TPSA) is 97.3 Å². The van der Waals surface area contributed by atoms with E-state index in [1.807, 2.05) is 30.3 Å². The molecule has 0 spiro atoms. The zero-order valence-corrected chi connectivity index (χ0v) is 22.3. The maximum Gasteiger partial charge on any atom is 0.255 e. The Balaban J connectivity index is 1.47. The van der Waals surface area contributed by atoms with E-state index in [4.69, 9.17) is 9.47 Å². The fraction of sp³-hybridized carbons (Fsp3) is 0.167. The monoisotopic (exact) mass is 621 g/mol. The Hall–Kier alpha value is -2.73. The first-order valence-electron chi connectivity index (χ1n) is 10.5. The zero-order chi connectivity index (χ0) is 24.8. The number of halogens is 2. The molecule has 0 saturated carbocycles. The Morgan fingerprint density at radius 2 is 1.71 bits per heavy atom. The zero-order valence-electron chi connectivity index (χ0n) is 18.4. The highest BCUT2D eigenvalue weighted by Gasteiger charge is 2.26. The van der Waals surface area contributed by atoms with Crippen LogP contribution in [0.25, 0.3) is 0 Å². The van der Waals surface area contributed by atoms with Gasteiger partial charge in [0.05, 0.1) is 17.7 Å². The Morgan fingerprint density at radius 1 is 1.03 bits per heavy atom. The van der Waals surface area contributed by atoms with E-state index in [0.717, 1.165) is 14.3 Å². The lowest BCUT2D eigenvalue weighted by molar-refractivity contribution is -0.121. The second-order valence-corrected chi connectivity index (χ2v) is 11.3. The van der Waals surface area contributed by atoms with Gasteiger partial charge in [-0.25, -0.2) is 13.8 Å². The molecule has 182 valence electrons. The van der Waals surface area contributed by atoms with Crippen LogP contribution in [0.15, 0.2) is 85.7 Å². The lowest BCUT2D eigenvalue weighted by Crippen LogP contribution is -2.40. The number of carbonyl (C=O) groups is 1. The Morgan fingerprint density at radius 3 is 2.43 bits per heavy atom. The van der Waals surface area contributed by atoms with E-state index in [1.54, 1.807) is 24.3 Å². The summed E-state index contributed by atoms with van der Waals surface area (Å²) in [7, 11) is -3.91. The maximum absolute atomic E-state index is 13.3. The summed E-state index contributed by atoms with van der Waals surface area (Å²) in [4.78, 5) is 12.8. The van der Waals surface area contributed by atoms with Crippen molar-refractivity contribution in [1.29, 1.82) is 0 Å². The fourth-order valence-corrected chi connectivity index (χ4v) is 5.43. The van der Waals surface area contributed by atoms with Crippen LogP contribution in [0, 0.1) is 0 Å². The molecule has 0 fully saturated rings. The maximum atomic E-state index is 13.3. The van der Waals surface area contributed by atoms with Crippen molar-refractivity contribution in [3.05, 3.63) is 86.8 Å². The van der Waals surface area contributed by atoms with Gasteiger partial charge in [0.25, 0.3) is 5.91 Å². The predicted molar refractivity (Wildman–Crippen MR) is 139 cm³/mol. The molecule has 11 heteroatoms. The van der Waals surface area contributed by atoms with E-state index in [0.29, 0.717) is 28.0 Å². The number of hydrogen-bond acceptors (Lipinski definition) is 6. The summed E-state index contributed by atoms with van der Waals surface area (Å²) in [5.74, 6) is 0.630. The SMILES string of the molecule is O=C(CN(CCc1ccccc1)S(=O)(=O)c1ccc(Br)cc1)N/N=C/c1cc2c(cc1Br)OCO2. The van der Waals surface area contributed by atoms with Gasteiger partial charge < -0.3 is 9.47 Å². The average Bonchev–Trinajstić information content (AvgIpc) is 3.29. The minimum absolute atomic E-state index is 0.106. The number of ether oxygens (including phenoxy) is 2. The second-order valence-electron chi connectivity index (χ2n) is 7.55. The van der Waals surface area contributed by atoms with E-state index in [2.05, 4.69) is 42.4 Å². The summed E-state index contributed by atoms with van der Waals surface area (Å²) in [5, 5.41) is 3.99. The minimum atomic E-state index is -3.91. The van der Waals surface area contributed by atoms with Crippen molar-refractivity contribution >= 4 is 54.0 Å². The summed E-state index contributed by atoms with van der Waals surface area (Å²) < 4.78 is 39.9. The molecule has 0 bridgehead atoms. The number of carbonyl (C=O) groups excluding carboxylic acids is 1. The predicted octanol–water partition coefficient (Wildman–Crippen LogP) is 4.32. The molecule has 1 amide bonds.